The summed E-state index contributed by atoms with van der Waals surface area (Å²) < 4.78 is 11.5. The van der Waals surface area contributed by atoms with E-state index in [4.69, 9.17) is 4.74 Å². The third-order valence-electron chi connectivity index (χ3n) is 3.21. The molecule has 1 amide bonds. The average molecular weight is 303 g/mol. The second-order valence-electron chi connectivity index (χ2n) is 5.89. The third-order valence-corrected chi connectivity index (χ3v) is 3.21. The normalized spacial score (nSPS) is 11.1. The summed E-state index contributed by atoms with van der Waals surface area (Å²) >= 11 is 0. The molecule has 1 N–H and O–H groups in total. The van der Waals surface area contributed by atoms with Gasteiger partial charge in [-0.1, -0.05) is 20.8 Å². The van der Waals surface area contributed by atoms with E-state index in [2.05, 4.69) is 35.9 Å². The van der Waals surface area contributed by atoms with E-state index in [0.29, 0.717) is 5.82 Å². The summed E-state index contributed by atoms with van der Waals surface area (Å²) in [6.45, 7) is 6.20. The third kappa shape index (κ3) is 3.39. The van der Waals surface area contributed by atoms with Gasteiger partial charge in [-0.3, -0.25) is 5.32 Å². The molecule has 118 valence electrons. The van der Waals surface area contributed by atoms with Crippen molar-refractivity contribution in [3.63, 3.8) is 0 Å². The summed E-state index contributed by atoms with van der Waals surface area (Å²) in [7, 11) is 2.94. The van der Waals surface area contributed by atoms with E-state index in [-0.39, 0.29) is 5.41 Å². The first-order chi connectivity index (χ1) is 10.3. The van der Waals surface area contributed by atoms with E-state index in [9.17, 15) is 4.79 Å². The Bertz CT molecular complexity index is 654. The Balaban J connectivity index is 2.46. The van der Waals surface area contributed by atoms with E-state index >= 15 is 0 Å². The van der Waals surface area contributed by atoms with Crippen LogP contribution >= 0.6 is 0 Å². The number of hydrogen-bond acceptors (Lipinski definition) is 4. The van der Waals surface area contributed by atoms with E-state index in [1.165, 1.54) is 7.11 Å². The molecule has 0 radical (unpaired) electrons. The van der Waals surface area contributed by atoms with Crippen molar-refractivity contribution in [2.24, 2.45) is 0 Å². The fourth-order valence-electron chi connectivity index (χ4n) is 1.91. The maximum atomic E-state index is 11.5. The lowest BCUT2D eigenvalue weighted by atomic mass is 9.92. The predicted molar refractivity (Wildman–Crippen MR) is 84.8 cm³/mol. The highest BCUT2D eigenvalue weighted by molar-refractivity contribution is 5.83. The lowest BCUT2D eigenvalue weighted by Gasteiger charge is -2.14. The van der Waals surface area contributed by atoms with Crippen molar-refractivity contribution in [2.75, 3.05) is 19.5 Å². The van der Waals surface area contributed by atoms with E-state index in [0.717, 1.165) is 17.1 Å². The van der Waals surface area contributed by atoms with Crippen LogP contribution < -0.4 is 10.1 Å². The number of ether oxygens (including phenoxy) is 2. The van der Waals surface area contributed by atoms with Crippen LogP contribution in [0.15, 0.2) is 30.3 Å². The molecular weight excluding hydrogens is 282 g/mol. The second-order valence-corrected chi connectivity index (χ2v) is 5.89. The molecule has 0 aliphatic carbocycles. The van der Waals surface area contributed by atoms with Crippen LogP contribution in [0.1, 0.15) is 26.5 Å². The summed E-state index contributed by atoms with van der Waals surface area (Å²) in [5.41, 5.74) is 1.56. The Morgan fingerprint density at radius 1 is 1.18 bits per heavy atom. The minimum absolute atomic E-state index is 0.135. The number of amides is 1. The number of hydrogen-bond donors (Lipinski definition) is 1. The van der Waals surface area contributed by atoms with Crippen LogP contribution in [0, 0.1) is 0 Å². The molecule has 2 rings (SSSR count). The number of carbonyl (C=O) groups excluding carboxylic acids is 1. The van der Waals surface area contributed by atoms with Gasteiger partial charge in [-0.25, -0.2) is 9.48 Å². The van der Waals surface area contributed by atoms with Crippen LogP contribution in [0.3, 0.4) is 0 Å². The number of benzene rings is 1. The van der Waals surface area contributed by atoms with Crippen LogP contribution in [0.25, 0.3) is 5.69 Å². The monoisotopic (exact) mass is 303 g/mol. The van der Waals surface area contributed by atoms with Gasteiger partial charge in [0.15, 0.2) is 0 Å². The van der Waals surface area contributed by atoms with Gasteiger partial charge in [-0.2, -0.15) is 5.10 Å². The highest BCUT2D eigenvalue weighted by Crippen LogP contribution is 2.27. The molecule has 0 aliphatic rings. The maximum Gasteiger partial charge on any atom is 0.412 e. The molecule has 0 saturated heterocycles. The molecule has 0 unspecified atom stereocenters. The van der Waals surface area contributed by atoms with Crippen LogP contribution in [0.2, 0.25) is 0 Å². The first kappa shape index (κ1) is 15.9. The van der Waals surface area contributed by atoms with Crippen LogP contribution in [0.5, 0.6) is 5.75 Å². The van der Waals surface area contributed by atoms with Crippen molar-refractivity contribution in [3.05, 3.63) is 36.0 Å². The highest BCUT2D eigenvalue weighted by atomic mass is 16.5. The van der Waals surface area contributed by atoms with Gasteiger partial charge < -0.3 is 9.47 Å². The topological polar surface area (TPSA) is 65.4 Å². The Labute approximate surface area is 130 Å². The lowest BCUT2D eigenvalue weighted by molar-refractivity contribution is 0.186. The minimum atomic E-state index is -0.532. The SMILES string of the molecule is COC(=O)Nc1cc(C(C)(C)C)nn1-c1ccc(OC)cc1. The van der Waals surface area contributed by atoms with Gasteiger partial charge in [0, 0.05) is 11.5 Å². The Hall–Kier alpha value is -2.50. The number of carbonyl (C=O) groups is 1. The first-order valence-corrected chi connectivity index (χ1v) is 6.95. The molecule has 6 nitrogen and oxygen atoms in total. The van der Waals surface area contributed by atoms with Crippen molar-refractivity contribution < 1.29 is 14.3 Å². The molecule has 6 heteroatoms. The quantitative estimate of drug-likeness (QED) is 0.944. The predicted octanol–water partition coefficient (Wildman–Crippen LogP) is 3.36. The number of nitrogens with one attached hydrogen (secondary N) is 1. The van der Waals surface area contributed by atoms with E-state index in [1.807, 2.05) is 30.3 Å². The minimum Gasteiger partial charge on any atom is -0.497 e. The molecule has 1 heterocycles. The maximum absolute atomic E-state index is 11.5. The first-order valence-electron chi connectivity index (χ1n) is 6.95. The zero-order valence-electron chi connectivity index (χ0n) is 13.5. The number of methoxy groups -OCH3 is 2. The molecule has 0 fully saturated rings. The van der Waals surface area contributed by atoms with Crippen LogP contribution in [-0.4, -0.2) is 30.1 Å². The molecule has 0 atom stereocenters. The fraction of sp³-hybridized carbons (Fsp3) is 0.375. The summed E-state index contributed by atoms with van der Waals surface area (Å²) in [5.74, 6) is 1.32. The summed E-state index contributed by atoms with van der Waals surface area (Å²) in [5, 5.41) is 7.29. The molecule has 2 aromatic rings. The van der Waals surface area contributed by atoms with Crippen molar-refractivity contribution in [1.82, 2.24) is 9.78 Å². The summed E-state index contributed by atoms with van der Waals surface area (Å²) in [4.78, 5) is 11.5. The molecule has 0 saturated carbocycles. The zero-order chi connectivity index (χ0) is 16.3. The van der Waals surface area contributed by atoms with Gasteiger partial charge >= 0.3 is 6.09 Å². The molecule has 0 bridgehead atoms. The van der Waals surface area contributed by atoms with Gasteiger partial charge in [-0.15, -0.1) is 0 Å². The van der Waals surface area contributed by atoms with E-state index < -0.39 is 6.09 Å². The fourth-order valence-corrected chi connectivity index (χ4v) is 1.91. The van der Waals surface area contributed by atoms with Crippen LogP contribution in [0.4, 0.5) is 10.6 Å². The Kier molecular flexibility index (Phi) is 4.40. The van der Waals surface area contributed by atoms with Gasteiger partial charge in [0.25, 0.3) is 0 Å². The molecule has 1 aromatic carbocycles. The lowest BCUT2D eigenvalue weighted by Crippen LogP contribution is -2.14. The largest absolute Gasteiger partial charge is 0.497 e. The van der Waals surface area contributed by atoms with Gasteiger partial charge in [-0.05, 0) is 24.3 Å². The van der Waals surface area contributed by atoms with E-state index in [1.54, 1.807) is 11.8 Å². The van der Waals surface area contributed by atoms with Gasteiger partial charge in [0.2, 0.25) is 0 Å². The second kappa shape index (κ2) is 6.09. The number of anilines is 1. The van der Waals surface area contributed by atoms with Crippen molar-refractivity contribution in [1.29, 1.82) is 0 Å². The standard InChI is InChI=1S/C16H21N3O3/c1-16(2,3)13-10-14(17-15(20)22-5)19(18-13)11-6-8-12(21-4)9-7-11/h6-10H,1-5H3,(H,17,20). The average Bonchev–Trinajstić information content (AvgIpc) is 2.91. The summed E-state index contributed by atoms with van der Waals surface area (Å²) in [6, 6.07) is 9.29. The van der Waals surface area contributed by atoms with Crippen molar-refractivity contribution in [3.8, 4) is 11.4 Å². The van der Waals surface area contributed by atoms with Crippen molar-refractivity contribution >= 4 is 11.9 Å². The molecule has 1 aromatic heterocycles. The smallest absolute Gasteiger partial charge is 0.412 e. The molecular formula is C16H21N3O3. The highest BCUT2D eigenvalue weighted by Gasteiger charge is 2.21. The van der Waals surface area contributed by atoms with Crippen molar-refractivity contribution in [2.45, 2.75) is 26.2 Å². The Morgan fingerprint density at radius 3 is 2.32 bits per heavy atom. The Morgan fingerprint density at radius 2 is 1.82 bits per heavy atom. The van der Waals surface area contributed by atoms with Gasteiger partial charge in [0.05, 0.1) is 25.6 Å². The molecule has 22 heavy (non-hydrogen) atoms. The summed E-state index contributed by atoms with van der Waals surface area (Å²) in [6.07, 6.45) is -0.532. The van der Waals surface area contributed by atoms with Crippen LogP contribution in [-0.2, 0) is 10.2 Å². The number of rotatable bonds is 3. The number of nitrogens with zero attached hydrogens (tertiary/aromatic N) is 2. The van der Waals surface area contributed by atoms with Gasteiger partial charge in [0.1, 0.15) is 11.6 Å². The molecule has 0 aliphatic heterocycles. The molecule has 0 spiro atoms. The number of aromatic nitrogens is 2. The zero-order valence-corrected chi connectivity index (χ0v) is 13.5.